The normalized spacial score (nSPS) is 16.0. The Kier molecular flexibility index (Phi) is 4.45. The van der Waals surface area contributed by atoms with E-state index in [1.54, 1.807) is 4.90 Å². The molecule has 1 aliphatic rings. The number of hydrogen-bond donors (Lipinski definition) is 0. The maximum absolute atomic E-state index is 12.1. The molecular weight excluding hydrogens is 264 g/mol. The fraction of sp³-hybridized carbons (Fsp3) is 0.588. The van der Waals surface area contributed by atoms with Crippen LogP contribution in [-0.4, -0.2) is 42.8 Å². The molecular formula is C17H26N2O2. The van der Waals surface area contributed by atoms with Crippen LogP contribution < -0.4 is 4.90 Å². The fourth-order valence-electron chi connectivity index (χ4n) is 2.61. The molecule has 1 heterocycles. The molecule has 2 rings (SSSR count). The summed E-state index contributed by atoms with van der Waals surface area (Å²) in [5.74, 6) is 0. The lowest BCUT2D eigenvalue weighted by Gasteiger charge is -2.37. The summed E-state index contributed by atoms with van der Waals surface area (Å²) in [7, 11) is 0. The second-order valence-corrected chi connectivity index (χ2v) is 6.80. The molecule has 1 aromatic carbocycles. The summed E-state index contributed by atoms with van der Waals surface area (Å²) >= 11 is 0. The Morgan fingerprint density at radius 3 is 2.00 bits per heavy atom. The van der Waals surface area contributed by atoms with Crippen LogP contribution in [0.2, 0.25) is 0 Å². The topological polar surface area (TPSA) is 32.8 Å². The minimum Gasteiger partial charge on any atom is -0.444 e. The number of rotatable bonds is 1. The van der Waals surface area contributed by atoms with Crippen molar-refractivity contribution < 1.29 is 9.53 Å². The van der Waals surface area contributed by atoms with Crippen molar-refractivity contribution in [1.29, 1.82) is 0 Å². The Morgan fingerprint density at radius 1 is 1.00 bits per heavy atom. The van der Waals surface area contributed by atoms with E-state index in [4.69, 9.17) is 4.74 Å². The van der Waals surface area contributed by atoms with Crippen molar-refractivity contribution in [1.82, 2.24) is 4.90 Å². The van der Waals surface area contributed by atoms with Crippen LogP contribution in [0.4, 0.5) is 10.5 Å². The number of ether oxygens (including phenoxy) is 1. The summed E-state index contributed by atoms with van der Waals surface area (Å²) < 4.78 is 5.42. The summed E-state index contributed by atoms with van der Waals surface area (Å²) in [5.41, 5.74) is 3.37. The molecule has 1 aromatic rings. The smallest absolute Gasteiger partial charge is 0.410 e. The van der Waals surface area contributed by atoms with Crippen molar-refractivity contribution in [3.05, 3.63) is 29.3 Å². The Balaban J connectivity index is 1.95. The molecule has 0 N–H and O–H groups in total. The molecule has 0 atom stereocenters. The standard InChI is InChI=1S/C17H26N2O2/c1-13-10-14(2)12-15(11-13)18-6-8-19(9-7-18)16(20)21-17(3,4)5/h10-12H,6-9H2,1-5H3. The largest absolute Gasteiger partial charge is 0.444 e. The van der Waals surface area contributed by atoms with Gasteiger partial charge in [0.1, 0.15) is 5.60 Å². The van der Waals surface area contributed by atoms with Crippen LogP contribution in [0.25, 0.3) is 0 Å². The molecule has 0 unspecified atom stereocenters. The van der Waals surface area contributed by atoms with Gasteiger partial charge in [0.05, 0.1) is 0 Å². The lowest BCUT2D eigenvalue weighted by atomic mass is 10.1. The number of piperazine rings is 1. The van der Waals surface area contributed by atoms with Gasteiger partial charge in [-0.05, 0) is 57.9 Å². The Bertz CT molecular complexity index is 492. The molecule has 1 saturated heterocycles. The quantitative estimate of drug-likeness (QED) is 0.795. The number of nitrogens with zero attached hydrogens (tertiary/aromatic N) is 2. The van der Waals surface area contributed by atoms with E-state index in [-0.39, 0.29) is 6.09 Å². The van der Waals surface area contributed by atoms with Crippen molar-refractivity contribution in [2.75, 3.05) is 31.1 Å². The van der Waals surface area contributed by atoms with Gasteiger partial charge >= 0.3 is 6.09 Å². The Morgan fingerprint density at radius 2 is 1.52 bits per heavy atom. The highest BCUT2D eigenvalue weighted by Gasteiger charge is 2.25. The third-order valence-electron chi connectivity index (χ3n) is 3.50. The van der Waals surface area contributed by atoms with Gasteiger partial charge < -0.3 is 14.5 Å². The number of hydrogen-bond acceptors (Lipinski definition) is 3. The van der Waals surface area contributed by atoms with E-state index in [0.717, 1.165) is 13.1 Å². The Labute approximate surface area is 127 Å². The summed E-state index contributed by atoms with van der Waals surface area (Å²) in [6, 6.07) is 6.59. The second-order valence-electron chi connectivity index (χ2n) is 6.80. The van der Waals surface area contributed by atoms with Crippen LogP contribution in [0.5, 0.6) is 0 Å². The molecule has 1 amide bonds. The van der Waals surface area contributed by atoms with Gasteiger partial charge in [-0.15, -0.1) is 0 Å². The zero-order valence-electron chi connectivity index (χ0n) is 13.8. The van der Waals surface area contributed by atoms with Gasteiger partial charge in [0.2, 0.25) is 0 Å². The van der Waals surface area contributed by atoms with E-state index in [1.165, 1.54) is 16.8 Å². The summed E-state index contributed by atoms with van der Waals surface area (Å²) in [4.78, 5) is 16.2. The summed E-state index contributed by atoms with van der Waals surface area (Å²) in [6.07, 6.45) is -0.206. The van der Waals surface area contributed by atoms with Gasteiger partial charge in [-0.1, -0.05) is 6.07 Å². The molecule has 4 heteroatoms. The molecule has 0 saturated carbocycles. The zero-order chi connectivity index (χ0) is 15.6. The van der Waals surface area contributed by atoms with E-state index >= 15 is 0 Å². The summed E-state index contributed by atoms with van der Waals surface area (Å²) in [5, 5.41) is 0. The lowest BCUT2D eigenvalue weighted by Crippen LogP contribution is -2.50. The van der Waals surface area contributed by atoms with Crippen LogP contribution >= 0.6 is 0 Å². The van der Waals surface area contributed by atoms with E-state index < -0.39 is 5.60 Å². The molecule has 0 aliphatic carbocycles. The first kappa shape index (κ1) is 15.7. The molecule has 116 valence electrons. The van der Waals surface area contributed by atoms with Crippen LogP contribution in [0.3, 0.4) is 0 Å². The highest BCUT2D eigenvalue weighted by Crippen LogP contribution is 2.21. The first-order valence-corrected chi connectivity index (χ1v) is 7.56. The monoisotopic (exact) mass is 290 g/mol. The van der Waals surface area contributed by atoms with Gasteiger partial charge in [0.25, 0.3) is 0 Å². The van der Waals surface area contributed by atoms with Gasteiger partial charge in [0, 0.05) is 31.9 Å². The third-order valence-corrected chi connectivity index (χ3v) is 3.50. The molecule has 4 nitrogen and oxygen atoms in total. The molecule has 1 fully saturated rings. The van der Waals surface area contributed by atoms with E-state index in [2.05, 4.69) is 36.9 Å². The van der Waals surface area contributed by atoms with Gasteiger partial charge in [-0.2, -0.15) is 0 Å². The van der Waals surface area contributed by atoms with Crippen LogP contribution in [0, 0.1) is 13.8 Å². The molecule has 0 aromatic heterocycles. The van der Waals surface area contributed by atoms with Gasteiger partial charge in [0.15, 0.2) is 0 Å². The van der Waals surface area contributed by atoms with E-state index in [0.29, 0.717) is 13.1 Å². The minimum atomic E-state index is -0.429. The SMILES string of the molecule is Cc1cc(C)cc(N2CCN(C(=O)OC(C)(C)C)CC2)c1. The maximum Gasteiger partial charge on any atom is 0.410 e. The van der Waals surface area contributed by atoms with Gasteiger partial charge in [-0.3, -0.25) is 0 Å². The number of carbonyl (C=O) groups excluding carboxylic acids is 1. The molecule has 0 spiro atoms. The predicted octanol–water partition coefficient (Wildman–Crippen LogP) is 3.36. The average Bonchev–Trinajstić information content (AvgIpc) is 2.35. The third kappa shape index (κ3) is 4.38. The number of carbonyl (C=O) groups is 1. The predicted molar refractivity (Wildman–Crippen MR) is 85.9 cm³/mol. The number of anilines is 1. The van der Waals surface area contributed by atoms with E-state index in [1.807, 2.05) is 20.8 Å². The van der Waals surface area contributed by atoms with Crippen molar-refractivity contribution >= 4 is 11.8 Å². The molecule has 1 aliphatic heterocycles. The van der Waals surface area contributed by atoms with Crippen LogP contribution in [0.1, 0.15) is 31.9 Å². The number of benzene rings is 1. The molecule has 0 bridgehead atoms. The van der Waals surface area contributed by atoms with Crippen molar-refractivity contribution in [3.63, 3.8) is 0 Å². The van der Waals surface area contributed by atoms with Crippen molar-refractivity contribution in [3.8, 4) is 0 Å². The maximum atomic E-state index is 12.1. The summed E-state index contributed by atoms with van der Waals surface area (Å²) in [6.45, 7) is 13.1. The second kappa shape index (κ2) is 5.96. The van der Waals surface area contributed by atoms with Crippen LogP contribution in [-0.2, 0) is 4.74 Å². The number of aryl methyl sites for hydroxylation is 2. The highest BCUT2D eigenvalue weighted by atomic mass is 16.6. The van der Waals surface area contributed by atoms with Gasteiger partial charge in [-0.25, -0.2) is 4.79 Å². The Hall–Kier alpha value is -1.71. The molecule has 0 radical (unpaired) electrons. The first-order valence-electron chi connectivity index (χ1n) is 7.56. The van der Waals surface area contributed by atoms with E-state index in [9.17, 15) is 4.79 Å². The molecule has 21 heavy (non-hydrogen) atoms. The number of amides is 1. The zero-order valence-corrected chi connectivity index (χ0v) is 13.8. The van der Waals surface area contributed by atoms with Crippen molar-refractivity contribution in [2.45, 2.75) is 40.2 Å². The average molecular weight is 290 g/mol. The minimum absolute atomic E-state index is 0.206. The van der Waals surface area contributed by atoms with Crippen molar-refractivity contribution in [2.24, 2.45) is 0 Å². The lowest BCUT2D eigenvalue weighted by molar-refractivity contribution is 0.0240. The first-order chi connectivity index (χ1) is 9.74. The fourth-order valence-corrected chi connectivity index (χ4v) is 2.61. The highest BCUT2D eigenvalue weighted by molar-refractivity contribution is 5.68. The van der Waals surface area contributed by atoms with Crippen LogP contribution in [0.15, 0.2) is 18.2 Å².